The van der Waals surface area contributed by atoms with Crippen molar-refractivity contribution in [3.05, 3.63) is 95.1 Å². The third-order valence-electron chi connectivity index (χ3n) is 5.71. The molecule has 0 saturated carbocycles. The molecule has 2 amide bonds. The Labute approximate surface area is 208 Å². The number of nitrogens with one attached hydrogen (secondary N) is 3. The Morgan fingerprint density at radius 2 is 1.73 bits per heavy atom. The molecular weight excluding hydrogens is 487 g/mol. The molecule has 0 radical (unpaired) electrons. The Balaban J connectivity index is 1.37. The minimum Gasteiger partial charge on any atom is -0.369 e. The van der Waals surface area contributed by atoms with Gasteiger partial charge in [0.1, 0.15) is 11.9 Å². The van der Waals surface area contributed by atoms with Crippen molar-refractivity contribution in [2.75, 3.05) is 30.3 Å². The molecule has 0 spiro atoms. The molecule has 8 nitrogen and oxygen atoms in total. The van der Waals surface area contributed by atoms with E-state index in [1.807, 2.05) is 0 Å². The molecule has 4 aromatic rings. The number of hydrogen-bond donors (Lipinski definition) is 3. The standard InChI is InChI=1S/C26H20F3N5O3/c27-15-2-4-16(5-3-15)32-26(36)33-17-10-18(24(29)19(28)11-17)25(35)14-1-6-20-21(9-14)31-12-22(34-20)23-13-30-7-8-37-23/h1-6,9-12,23,30H,7-8,13H2,(H2,32,33,36). The fourth-order valence-electron chi connectivity index (χ4n) is 3.89. The van der Waals surface area contributed by atoms with Crippen molar-refractivity contribution in [1.82, 2.24) is 15.3 Å². The highest BCUT2D eigenvalue weighted by molar-refractivity contribution is 6.11. The number of rotatable bonds is 5. The van der Waals surface area contributed by atoms with Gasteiger partial charge in [-0.05, 0) is 48.5 Å². The highest BCUT2D eigenvalue weighted by Gasteiger charge is 2.21. The van der Waals surface area contributed by atoms with Gasteiger partial charge in [0, 0.05) is 36.1 Å². The van der Waals surface area contributed by atoms with E-state index in [2.05, 4.69) is 25.9 Å². The summed E-state index contributed by atoms with van der Waals surface area (Å²) < 4.78 is 47.7. The quantitative estimate of drug-likeness (QED) is 0.342. The first kappa shape index (κ1) is 24.3. The molecule has 3 aromatic carbocycles. The number of ketones is 1. The van der Waals surface area contributed by atoms with Gasteiger partial charge in [-0.1, -0.05) is 0 Å². The molecule has 37 heavy (non-hydrogen) atoms. The zero-order valence-electron chi connectivity index (χ0n) is 19.2. The summed E-state index contributed by atoms with van der Waals surface area (Å²) in [6.45, 7) is 1.92. The number of ether oxygens (including phenoxy) is 1. The molecule has 0 aliphatic carbocycles. The summed E-state index contributed by atoms with van der Waals surface area (Å²) in [5.41, 5.74) is 1.19. The van der Waals surface area contributed by atoms with Gasteiger partial charge in [0.2, 0.25) is 0 Å². The number of aromatic nitrogens is 2. The van der Waals surface area contributed by atoms with E-state index in [9.17, 15) is 22.8 Å². The Hall–Kier alpha value is -4.35. The molecule has 188 valence electrons. The minimum atomic E-state index is -1.35. The maximum atomic E-state index is 14.6. The van der Waals surface area contributed by atoms with Crippen LogP contribution in [0.25, 0.3) is 11.0 Å². The molecular formula is C26H20F3N5O3. The smallest absolute Gasteiger partial charge is 0.323 e. The largest absolute Gasteiger partial charge is 0.369 e. The molecule has 5 rings (SSSR count). The SMILES string of the molecule is O=C(Nc1ccc(F)cc1)Nc1cc(F)c(F)c(C(=O)c2ccc3nc(C4CNCCO4)cnc3c2)c1. The van der Waals surface area contributed by atoms with E-state index < -0.39 is 34.8 Å². The van der Waals surface area contributed by atoms with Crippen LogP contribution in [-0.2, 0) is 4.74 Å². The first-order valence-corrected chi connectivity index (χ1v) is 11.3. The minimum absolute atomic E-state index is 0.0661. The average molecular weight is 507 g/mol. The van der Waals surface area contributed by atoms with Crippen LogP contribution in [0, 0.1) is 17.5 Å². The molecule has 1 aliphatic heterocycles. The zero-order chi connectivity index (χ0) is 25.9. The number of carbonyl (C=O) groups excluding carboxylic acids is 2. The van der Waals surface area contributed by atoms with Gasteiger partial charge in [0.15, 0.2) is 17.4 Å². The van der Waals surface area contributed by atoms with E-state index in [1.54, 1.807) is 12.3 Å². The van der Waals surface area contributed by atoms with Gasteiger partial charge in [0.05, 0.1) is 35.1 Å². The average Bonchev–Trinajstić information content (AvgIpc) is 2.91. The van der Waals surface area contributed by atoms with E-state index in [-0.39, 0.29) is 23.0 Å². The van der Waals surface area contributed by atoms with Crippen molar-refractivity contribution < 1.29 is 27.5 Å². The lowest BCUT2D eigenvalue weighted by molar-refractivity contribution is 0.0250. The topological polar surface area (TPSA) is 105 Å². The van der Waals surface area contributed by atoms with E-state index in [0.717, 1.165) is 30.8 Å². The summed E-state index contributed by atoms with van der Waals surface area (Å²) in [4.78, 5) is 34.2. The number of carbonyl (C=O) groups is 2. The van der Waals surface area contributed by atoms with Gasteiger partial charge in [0.25, 0.3) is 0 Å². The summed E-state index contributed by atoms with van der Waals surface area (Å²) in [5, 5.41) is 8.00. The van der Waals surface area contributed by atoms with Crippen molar-refractivity contribution in [2.45, 2.75) is 6.10 Å². The Morgan fingerprint density at radius 3 is 2.49 bits per heavy atom. The van der Waals surface area contributed by atoms with Gasteiger partial charge >= 0.3 is 6.03 Å². The second kappa shape index (κ2) is 10.3. The molecule has 1 unspecified atom stereocenters. The van der Waals surface area contributed by atoms with Crippen LogP contribution in [0.1, 0.15) is 27.7 Å². The monoisotopic (exact) mass is 507 g/mol. The van der Waals surface area contributed by atoms with E-state index in [1.165, 1.54) is 24.3 Å². The van der Waals surface area contributed by atoms with Crippen LogP contribution in [0.3, 0.4) is 0 Å². The van der Waals surface area contributed by atoms with Gasteiger partial charge in [-0.3, -0.25) is 9.78 Å². The summed E-state index contributed by atoms with van der Waals surface area (Å²) in [6.07, 6.45) is 1.32. The number of benzene rings is 3. The molecule has 1 fully saturated rings. The maximum absolute atomic E-state index is 14.6. The lowest BCUT2D eigenvalue weighted by Crippen LogP contribution is -2.33. The van der Waals surface area contributed by atoms with Gasteiger partial charge < -0.3 is 20.7 Å². The third-order valence-corrected chi connectivity index (χ3v) is 5.71. The number of anilines is 2. The predicted octanol–water partition coefficient (Wildman–Crippen LogP) is 4.58. The van der Waals surface area contributed by atoms with Crippen molar-refractivity contribution >= 4 is 34.2 Å². The first-order chi connectivity index (χ1) is 17.9. The van der Waals surface area contributed by atoms with E-state index >= 15 is 0 Å². The van der Waals surface area contributed by atoms with Crippen LogP contribution < -0.4 is 16.0 Å². The van der Waals surface area contributed by atoms with Gasteiger partial charge in [-0.2, -0.15) is 0 Å². The highest BCUT2D eigenvalue weighted by Crippen LogP contribution is 2.24. The Bertz CT molecular complexity index is 1490. The summed E-state index contributed by atoms with van der Waals surface area (Å²) in [5.74, 6) is -3.94. The van der Waals surface area contributed by atoms with Crippen LogP contribution in [0.2, 0.25) is 0 Å². The third kappa shape index (κ3) is 5.42. The maximum Gasteiger partial charge on any atom is 0.323 e. The number of morpholine rings is 1. The fourth-order valence-corrected chi connectivity index (χ4v) is 3.89. The summed E-state index contributed by atoms with van der Waals surface area (Å²) in [7, 11) is 0. The van der Waals surface area contributed by atoms with E-state index in [0.29, 0.717) is 29.9 Å². The zero-order valence-corrected chi connectivity index (χ0v) is 19.2. The van der Waals surface area contributed by atoms with Crippen molar-refractivity contribution in [1.29, 1.82) is 0 Å². The van der Waals surface area contributed by atoms with E-state index in [4.69, 9.17) is 4.74 Å². The van der Waals surface area contributed by atoms with Crippen LogP contribution in [0.15, 0.2) is 60.8 Å². The number of hydrogen-bond acceptors (Lipinski definition) is 6. The van der Waals surface area contributed by atoms with Crippen LogP contribution in [-0.4, -0.2) is 41.5 Å². The molecule has 2 heterocycles. The number of nitrogens with zero attached hydrogens (tertiary/aromatic N) is 2. The number of fused-ring (bicyclic) bond motifs is 1. The molecule has 1 saturated heterocycles. The Morgan fingerprint density at radius 1 is 0.946 bits per heavy atom. The lowest BCUT2D eigenvalue weighted by Gasteiger charge is -2.22. The second-order valence-electron chi connectivity index (χ2n) is 8.30. The number of halogens is 3. The van der Waals surface area contributed by atoms with Crippen molar-refractivity contribution in [3.63, 3.8) is 0 Å². The number of urea groups is 1. The highest BCUT2D eigenvalue weighted by atomic mass is 19.2. The predicted molar refractivity (Wildman–Crippen MR) is 130 cm³/mol. The molecule has 1 aliphatic rings. The van der Waals surface area contributed by atoms with Crippen LogP contribution in [0.5, 0.6) is 0 Å². The van der Waals surface area contributed by atoms with Crippen LogP contribution >= 0.6 is 0 Å². The van der Waals surface area contributed by atoms with Crippen molar-refractivity contribution in [3.8, 4) is 0 Å². The Kier molecular flexibility index (Phi) is 6.80. The normalized spacial score (nSPS) is 15.4. The fraction of sp³-hybridized carbons (Fsp3) is 0.154. The second-order valence-corrected chi connectivity index (χ2v) is 8.30. The number of amides is 2. The molecule has 0 bridgehead atoms. The lowest BCUT2D eigenvalue weighted by atomic mass is 10.0. The molecule has 1 atom stereocenters. The summed E-state index contributed by atoms with van der Waals surface area (Å²) in [6, 6.07) is 10.4. The summed E-state index contributed by atoms with van der Waals surface area (Å²) >= 11 is 0. The molecule has 1 aromatic heterocycles. The van der Waals surface area contributed by atoms with Crippen molar-refractivity contribution in [2.24, 2.45) is 0 Å². The molecule has 3 N–H and O–H groups in total. The van der Waals surface area contributed by atoms with Gasteiger partial charge in [-0.15, -0.1) is 0 Å². The first-order valence-electron chi connectivity index (χ1n) is 11.3. The molecule has 11 heteroatoms. The van der Waals surface area contributed by atoms with Crippen LogP contribution in [0.4, 0.5) is 29.3 Å². The van der Waals surface area contributed by atoms with Gasteiger partial charge in [-0.25, -0.2) is 22.9 Å².